The number of methoxy groups -OCH3 is 1. The van der Waals surface area contributed by atoms with Crippen LogP contribution in [0, 0.1) is 5.92 Å². The monoisotopic (exact) mass is 417 g/mol. The number of ether oxygens (including phenoxy) is 1. The minimum Gasteiger partial charge on any atom is -0.495 e. The van der Waals surface area contributed by atoms with Gasteiger partial charge in [-0.2, -0.15) is 0 Å². The van der Waals surface area contributed by atoms with Crippen molar-refractivity contribution in [3.05, 3.63) is 66.7 Å². The number of amides is 2. The second-order valence-electron chi connectivity index (χ2n) is 7.81. The molecule has 0 unspecified atom stereocenters. The third-order valence-electron chi connectivity index (χ3n) is 5.75. The van der Waals surface area contributed by atoms with Crippen molar-refractivity contribution in [2.24, 2.45) is 5.92 Å². The van der Waals surface area contributed by atoms with E-state index in [-0.39, 0.29) is 17.7 Å². The summed E-state index contributed by atoms with van der Waals surface area (Å²) in [6.07, 6.45) is 1.45. The van der Waals surface area contributed by atoms with Gasteiger partial charge in [0.15, 0.2) is 0 Å². The highest BCUT2D eigenvalue weighted by molar-refractivity contribution is 6.02. The Hall–Kier alpha value is -3.38. The van der Waals surface area contributed by atoms with E-state index in [1.807, 2.05) is 66.7 Å². The summed E-state index contributed by atoms with van der Waals surface area (Å²) in [7, 11) is 1.59. The molecule has 1 aliphatic rings. The SMILES string of the molecule is COc1ccccc1NC(=O)C1CCN(CC(=O)Nc2cccc3ccccc23)CC1. The fourth-order valence-electron chi connectivity index (χ4n) is 4.06. The lowest BCUT2D eigenvalue weighted by Crippen LogP contribution is -2.41. The highest BCUT2D eigenvalue weighted by atomic mass is 16.5. The van der Waals surface area contributed by atoms with E-state index in [1.54, 1.807) is 7.11 Å². The average Bonchev–Trinajstić information content (AvgIpc) is 2.80. The molecule has 0 aromatic heterocycles. The standard InChI is InChI=1S/C25H27N3O3/c1-31-23-12-5-4-10-22(23)27-25(30)19-13-15-28(16-14-19)17-24(29)26-21-11-6-8-18-7-2-3-9-20(18)21/h2-12,19H,13-17H2,1H3,(H,26,29)(H,27,30). The molecule has 3 aromatic rings. The number of benzene rings is 3. The quantitative estimate of drug-likeness (QED) is 0.633. The molecule has 3 aromatic carbocycles. The van der Waals surface area contributed by atoms with E-state index in [2.05, 4.69) is 15.5 Å². The van der Waals surface area contributed by atoms with E-state index in [9.17, 15) is 9.59 Å². The second-order valence-corrected chi connectivity index (χ2v) is 7.81. The Balaban J connectivity index is 1.29. The van der Waals surface area contributed by atoms with Crippen LogP contribution < -0.4 is 15.4 Å². The molecule has 31 heavy (non-hydrogen) atoms. The van der Waals surface area contributed by atoms with Crippen molar-refractivity contribution < 1.29 is 14.3 Å². The first-order chi connectivity index (χ1) is 15.1. The number of fused-ring (bicyclic) bond motifs is 1. The van der Waals surface area contributed by atoms with Crippen molar-refractivity contribution in [2.45, 2.75) is 12.8 Å². The van der Waals surface area contributed by atoms with Crippen molar-refractivity contribution in [3.63, 3.8) is 0 Å². The molecule has 6 heteroatoms. The minimum absolute atomic E-state index is 0.00403. The van der Waals surface area contributed by atoms with Crippen molar-refractivity contribution in [3.8, 4) is 5.75 Å². The largest absolute Gasteiger partial charge is 0.495 e. The van der Waals surface area contributed by atoms with Crippen LogP contribution in [0.1, 0.15) is 12.8 Å². The number of hydrogen-bond acceptors (Lipinski definition) is 4. The van der Waals surface area contributed by atoms with E-state index < -0.39 is 0 Å². The highest BCUT2D eigenvalue weighted by Gasteiger charge is 2.26. The van der Waals surface area contributed by atoms with Gasteiger partial charge in [-0.1, -0.05) is 48.5 Å². The normalized spacial score (nSPS) is 14.9. The molecule has 1 saturated heterocycles. The third-order valence-corrected chi connectivity index (χ3v) is 5.75. The number of piperidine rings is 1. The number of nitrogens with one attached hydrogen (secondary N) is 2. The molecule has 0 aliphatic carbocycles. The predicted molar refractivity (Wildman–Crippen MR) is 123 cm³/mol. The molecule has 2 amide bonds. The highest BCUT2D eigenvalue weighted by Crippen LogP contribution is 2.26. The maximum atomic E-state index is 12.7. The van der Waals surface area contributed by atoms with Gasteiger partial charge in [0.25, 0.3) is 0 Å². The third kappa shape index (κ3) is 5.03. The summed E-state index contributed by atoms with van der Waals surface area (Å²) in [6, 6.07) is 21.3. The van der Waals surface area contributed by atoms with Crippen LogP contribution in [0.5, 0.6) is 5.75 Å². The van der Waals surface area contributed by atoms with Crippen LogP contribution in [0.15, 0.2) is 66.7 Å². The molecule has 0 saturated carbocycles. The van der Waals surface area contributed by atoms with Gasteiger partial charge >= 0.3 is 0 Å². The molecular formula is C25H27N3O3. The van der Waals surface area contributed by atoms with Gasteiger partial charge in [-0.05, 0) is 49.5 Å². The Kier molecular flexibility index (Phi) is 6.48. The number of carbonyl (C=O) groups excluding carboxylic acids is 2. The molecule has 160 valence electrons. The maximum absolute atomic E-state index is 12.7. The smallest absolute Gasteiger partial charge is 0.238 e. The van der Waals surface area contributed by atoms with Crippen LogP contribution in [0.25, 0.3) is 10.8 Å². The van der Waals surface area contributed by atoms with Crippen LogP contribution >= 0.6 is 0 Å². The number of nitrogens with zero attached hydrogens (tertiary/aromatic N) is 1. The Morgan fingerprint density at radius 1 is 0.903 bits per heavy atom. The maximum Gasteiger partial charge on any atom is 0.238 e. The molecule has 1 heterocycles. The first kappa shape index (κ1) is 20.9. The number of likely N-dealkylation sites (tertiary alicyclic amines) is 1. The molecule has 2 N–H and O–H groups in total. The molecule has 0 atom stereocenters. The number of anilines is 2. The fraction of sp³-hybridized carbons (Fsp3) is 0.280. The average molecular weight is 418 g/mol. The van der Waals surface area contributed by atoms with E-state index in [1.165, 1.54) is 0 Å². The van der Waals surface area contributed by atoms with Crippen LogP contribution in [-0.2, 0) is 9.59 Å². The molecule has 0 spiro atoms. The zero-order valence-corrected chi connectivity index (χ0v) is 17.6. The topological polar surface area (TPSA) is 70.7 Å². The summed E-state index contributed by atoms with van der Waals surface area (Å²) in [5.41, 5.74) is 1.51. The number of carbonyl (C=O) groups is 2. The van der Waals surface area contributed by atoms with Gasteiger partial charge in [0.1, 0.15) is 5.75 Å². The van der Waals surface area contributed by atoms with E-state index in [0.717, 1.165) is 29.3 Å². The van der Waals surface area contributed by atoms with Gasteiger partial charge in [0, 0.05) is 17.0 Å². The first-order valence-electron chi connectivity index (χ1n) is 10.6. The zero-order valence-electron chi connectivity index (χ0n) is 17.6. The molecule has 0 radical (unpaired) electrons. The van der Waals surface area contributed by atoms with Gasteiger partial charge < -0.3 is 15.4 Å². The van der Waals surface area contributed by atoms with Crippen LogP contribution in [-0.4, -0.2) is 43.5 Å². The fourth-order valence-corrected chi connectivity index (χ4v) is 4.06. The van der Waals surface area contributed by atoms with Gasteiger partial charge in [0.2, 0.25) is 11.8 Å². The predicted octanol–water partition coefficient (Wildman–Crippen LogP) is 4.14. The Morgan fingerprint density at radius 3 is 2.39 bits per heavy atom. The molecule has 1 aliphatic heterocycles. The summed E-state index contributed by atoms with van der Waals surface area (Å²) in [6.45, 7) is 1.75. The lowest BCUT2D eigenvalue weighted by Gasteiger charge is -2.30. The van der Waals surface area contributed by atoms with Crippen molar-refractivity contribution >= 4 is 34.0 Å². The minimum atomic E-state index is -0.0673. The van der Waals surface area contributed by atoms with Crippen molar-refractivity contribution in [2.75, 3.05) is 37.4 Å². The van der Waals surface area contributed by atoms with E-state index >= 15 is 0 Å². The Labute approximate surface area is 182 Å². The second kappa shape index (κ2) is 9.62. The molecular weight excluding hydrogens is 390 g/mol. The van der Waals surface area contributed by atoms with Gasteiger partial charge in [-0.25, -0.2) is 0 Å². The van der Waals surface area contributed by atoms with Crippen molar-refractivity contribution in [1.29, 1.82) is 0 Å². The Morgan fingerprint density at radius 2 is 1.58 bits per heavy atom. The molecule has 4 rings (SSSR count). The van der Waals surface area contributed by atoms with E-state index in [0.29, 0.717) is 31.1 Å². The van der Waals surface area contributed by atoms with Crippen LogP contribution in [0.4, 0.5) is 11.4 Å². The number of rotatable bonds is 6. The van der Waals surface area contributed by atoms with Crippen LogP contribution in [0.3, 0.4) is 0 Å². The lowest BCUT2D eigenvalue weighted by atomic mass is 9.95. The van der Waals surface area contributed by atoms with E-state index in [4.69, 9.17) is 4.74 Å². The lowest BCUT2D eigenvalue weighted by molar-refractivity contribution is -0.121. The van der Waals surface area contributed by atoms with Crippen molar-refractivity contribution in [1.82, 2.24) is 4.90 Å². The summed E-state index contributed by atoms with van der Waals surface area (Å²) < 4.78 is 5.30. The van der Waals surface area contributed by atoms with Gasteiger partial charge in [-0.15, -0.1) is 0 Å². The van der Waals surface area contributed by atoms with Gasteiger partial charge in [0.05, 0.1) is 19.3 Å². The number of para-hydroxylation sites is 2. The molecule has 1 fully saturated rings. The summed E-state index contributed by atoms with van der Waals surface area (Å²) in [5.74, 6) is 0.554. The summed E-state index contributed by atoms with van der Waals surface area (Å²) in [5, 5.41) is 8.14. The summed E-state index contributed by atoms with van der Waals surface area (Å²) in [4.78, 5) is 27.4. The van der Waals surface area contributed by atoms with Gasteiger partial charge in [-0.3, -0.25) is 14.5 Å². The number of hydrogen-bond donors (Lipinski definition) is 2. The first-order valence-corrected chi connectivity index (χ1v) is 10.6. The molecule has 6 nitrogen and oxygen atoms in total. The molecule has 0 bridgehead atoms. The Bertz CT molecular complexity index is 1070. The van der Waals surface area contributed by atoms with Crippen LogP contribution in [0.2, 0.25) is 0 Å². The summed E-state index contributed by atoms with van der Waals surface area (Å²) >= 11 is 0. The zero-order chi connectivity index (χ0) is 21.6.